The van der Waals surface area contributed by atoms with Crippen LogP contribution >= 0.6 is 11.6 Å². The Bertz CT molecular complexity index is 1080. The summed E-state index contributed by atoms with van der Waals surface area (Å²) in [5, 5.41) is 3.02. The molecule has 0 radical (unpaired) electrons. The van der Waals surface area contributed by atoms with Crippen LogP contribution in [0.3, 0.4) is 0 Å². The van der Waals surface area contributed by atoms with Gasteiger partial charge < -0.3 is 15.0 Å². The van der Waals surface area contributed by atoms with Crippen molar-refractivity contribution >= 4 is 27.5 Å². The summed E-state index contributed by atoms with van der Waals surface area (Å²) in [6.45, 7) is 0.0704. The molecule has 0 aliphatic heterocycles. The topological polar surface area (TPSA) is 87.7 Å². The second-order valence-corrected chi connectivity index (χ2v) is 10.4. The zero-order chi connectivity index (χ0) is 24.2. The first-order valence-electron chi connectivity index (χ1n) is 10.7. The van der Waals surface area contributed by atoms with Gasteiger partial charge in [-0.2, -0.15) is 0 Å². The van der Waals surface area contributed by atoms with E-state index in [0.717, 1.165) is 25.7 Å². The number of nitrogens with one attached hydrogen (secondary N) is 2. The van der Waals surface area contributed by atoms with Crippen LogP contribution in [0.1, 0.15) is 47.6 Å². The molecule has 10 heteroatoms. The molecule has 1 saturated carbocycles. The molecule has 2 aromatic carbocycles. The number of methoxy groups -OCH3 is 1. The third-order valence-corrected chi connectivity index (χ3v) is 7.68. The molecule has 1 aliphatic rings. The number of carbonyl (C=O) groups is 1. The molecule has 0 bridgehead atoms. The lowest BCUT2D eigenvalue weighted by atomic mass is 10.0. The summed E-state index contributed by atoms with van der Waals surface area (Å²) in [4.78, 5) is 14.5. The van der Waals surface area contributed by atoms with Crippen LogP contribution < -0.4 is 14.8 Å². The first-order valence-corrected chi connectivity index (χ1v) is 12.6. The van der Waals surface area contributed by atoms with Gasteiger partial charge in [0.1, 0.15) is 16.5 Å². The molecule has 1 aliphatic carbocycles. The number of nitrogens with zero attached hydrogens (tertiary/aromatic N) is 1. The molecule has 1 atom stereocenters. The predicted octanol–water partition coefficient (Wildman–Crippen LogP) is 3.74. The fourth-order valence-corrected chi connectivity index (χ4v) is 5.81. The maximum Gasteiger partial charge on any atom is 0.251 e. The Morgan fingerprint density at radius 3 is 2.55 bits per heavy atom. The monoisotopic (exact) mass is 497 g/mol. The number of ether oxygens (including phenoxy) is 1. The average molecular weight is 498 g/mol. The highest BCUT2D eigenvalue weighted by molar-refractivity contribution is 7.89. The summed E-state index contributed by atoms with van der Waals surface area (Å²) in [6, 6.07) is 8.03. The molecule has 2 aromatic rings. The average Bonchev–Trinajstić information content (AvgIpc) is 3.27. The summed E-state index contributed by atoms with van der Waals surface area (Å²) in [6.07, 6.45) is 3.52. The van der Waals surface area contributed by atoms with Crippen LogP contribution in [0.5, 0.6) is 5.75 Å². The van der Waals surface area contributed by atoms with Gasteiger partial charge in [0.2, 0.25) is 10.0 Å². The van der Waals surface area contributed by atoms with Crippen molar-refractivity contribution in [3.8, 4) is 5.75 Å². The van der Waals surface area contributed by atoms with E-state index in [2.05, 4.69) is 10.0 Å². The number of benzene rings is 2. The van der Waals surface area contributed by atoms with Crippen molar-refractivity contribution in [3.63, 3.8) is 0 Å². The molecule has 1 amide bonds. The van der Waals surface area contributed by atoms with Crippen molar-refractivity contribution in [2.24, 2.45) is 0 Å². The van der Waals surface area contributed by atoms with E-state index >= 15 is 0 Å². The van der Waals surface area contributed by atoms with E-state index in [1.54, 1.807) is 25.1 Å². The number of carbonyl (C=O) groups excluding carboxylic acids is 1. The Labute approximate surface area is 199 Å². The zero-order valence-corrected chi connectivity index (χ0v) is 20.5. The summed E-state index contributed by atoms with van der Waals surface area (Å²) in [5.41, 5.74) is 0.433. The number of sulfonamides is 1. The Morgan fingerprint density at radius 2 is 1.94 bits per heavy atom. The molecular formula is C23H29ClFN3O4S. The predicted molar refractivity (Wildman–Crippen MR) is 126 cm³/mol. The first kappa shape index (κ1) is 25.4. The van der Waals surface area contributed by atoms with Gasteiger partial charge in [0.05, 0.1) is 13.2 Å². The SMILES string of the molecule is COc1ccc(C(=O)NCC(c2c(F)cccc2Cl)N(C)C)cc1S(=O)(=O)NC1CCCC1. The van der Waals surface area contributed by atoms with Gasteiger partial charge >= 0.3 is 0 Å². The third kappa shape index (κ3) is 6.03. The van der Waals surface area contributed by atoms with Crippen molar-refractivity contribution in [1.29, 1.82) is 0 Å². The van der Waals surface area contributed by atoms with E-state index in [9.17, 15) is 17.6 Å². The van der Waals surface area contributed by atoms with Gasteiger partial charge in [0.15, 0.2) is 0 Å². The van der Waals surface area contributed by atoms with Crippen LogP contribution in [-0.4, -0.2) is 53.0 Å². The smallest absolute Gasteiger partial charge is 0.251 e. The second kappa shape index (κ2) is 10.8. The van der Waals surface area contributed by atoms with E-state index < -0.39 is 27.8 Å². The second-order valence-electron chi connectivity index (χ2n) is 8.29. The molecule has 0 aromatic heterocycles. The van der Waals surface area contributed by atoms with E-state index in [1.165, 1.54) is 37.4 Å². The van der Waals surface area contributed by atoms with Crippen LogP contribution in [0.15, 0.2) is 41.3 Å². The fraction of sp³-hybridized carbons (Fsp3) is 0.435. The Hall–Kier alpha value is -2.20. The quantitative estimate of drug-likeness (QED) is 0.551. The third-order valence-electron chi connectivity index (χ3n) is 5.80. The zero-order valence-electron chi connectivity index (χ0n) is 18.9. The molecule has 0 spiro atoms. The van der Waals surface area contributed by atoms with Crippen molar-refractivity contribution in [3.05, 3.63) is 58.4 Å². The lowest BCUT2D eigenvalue weighted by Crippen LogP contribution is -2.35. The molecule has 7 nitrogen and oxygen atoms in total. The number of amides is 1. The van der Waals surface area contributed by atoms with Gasteiger partial charge in [0, 0.05) is 28.7 Å². The lowest BCUT2D eigenvalue weighted by Gasteiger charge is -2.26. The van der Waals surface area contributed by atoms with Crippen molar-refractivity contribution in [2.75, 3.05) is 27.7 Å². The maximum absolute atomic E-state index is 14.4. The standard InChI is InChI=1S/C23H29ClFN3O4S/c1-28(2)19(22-17(24)9-6-10-18(22)25)14-26-23(29)15-11-12-20(32-3)21(13-15)33(30,31)27-16-7-4-5-8-16/h6,9-13,16,19,27H,4-5,7-8,14H2,1-3H3,(H,26,29). The van der Waals surface area contributed by atoms with E-state index in [0.29, 0.717) is 0 Å². The normalized spacial score (nSPS) is 15.6. The minimum Gasteiger partial charge on any atom is -0.495 e. The van der Waals surface area contributed by atoms with Crippen LogP contribution in [-0.2, 0) is 10.0 Å². The molecule has 1 fully saturated rings. The molecule has 2 N–H and O–H groups in total. The maximum atomic E-state index is 14.4. The summed E-state index contributed by atoms with van der Waals surface area (Å²) in [7, 11) is 1.02. The highest BCUT2D eigenvalue weighted by atomic mass is 35.5. The van der Waals surface area contributed by atoms with Crippen LogP contribution in [0.4, 0.5) is 4.39 Å². The van der Waals surface area contributed by atoms with Gasteiger partial charge in [0.25, 0.3) is 5.91 Å². The number of likely N-dealkylation sites (N-methyl/N-ethyl adjacent to an activating group) is 1. The molecule has 180 valence electrons. The molecule has 3 rings (SSSR count). The van der Waals surface area contributed by atoms with Gasteiger partial charge in [-0.1, -0.05) is 30.5 Å². The minimum atomic E-state index is -3.87. The summed E-state index contributed by atoms with van der Waals surface area (Å²) in [5.74, 6) is -0.804. The Morgan fingerprint density at radius 1 is 1.24 bits per heavy atom. The number of hydrogen-bond donors (Lipinski definition) is 2. The number of halogens is 2. The van der Waals surface area contributed by atoms with Gasteiger partial charge in [-0.15, -0.1) is 0 Å². The Kier molecular flexibility index (Phi) is 8.33. The lowest BCUT2D eigenvalue weighted by molar-refractivity contribution is 0.0941. The van der Waals surface area contributed by atoms with E-state index in [4.69, 9.17) is 16.3 Å². The molecule has 33 heavy (non-hydrogen) atoms. The van der Waals surface area contributed by atoms with Crippen LogP contribution in [0.25, 0.3) is 0 Å². The largest absolute Gasteiger partial charge is 0.495 e. The van der Waals surface area contributed by atoms with E-state index in [-0.39, 0.29) is 39.4 Å². The summed E-state index contributed by atoms with van der Waals surface area (Å²) >= 11 is 6.21. The highest BCUT2D eigenvalue weighted by Gasteiger charge is 2.27. The van der Waals surface area contributed by atoms with Crippen molar-refractivity contribution in [1.82, 2.24) is 14.9 Å². The summed E-state index contributed by atoms with van der Waals surface area (Å²) < 4.78 is 48.3. The molecular weight excluding hydrogens is 469 g/mol. The van der Waals surface area contributed by atoms with Gasteiger partial charge in [-0.25, -0.2) is 17.5 Å². The first-order chi connectivity index (χ1) is 15.6. The van der Waals surface area contributed by atoms with Crippen molar-refractivity contribution < 1.29 is 22.3 Å². The van der Waals surface area contributed by atoms with Crippen LogP contribution in [0.2, 0.25) is 5.02 Å². The Balaban J connectivity index is 1.81. The molecule has 1 unspecified atom stereocenters. The number of hydrogen-bond acceptors (Lipinski definition) is 5. The molecule has 0 heterocycles. The fourth-order valence-electron chi connectivity index (χ4n) is 4.02. The van der Waals surface area contributed by atoms with Gasteiger partial charge in [-0.05, 0) is 57.3 Å². The van der Waals surface area contributed by atoms with Crippen LogP contribution in [0, 0.1) is 5.82 Å². The number of rotatable bonds is 9. The van der Waals surface area contributed by atoms with Gasteiger partial charge in [-0.3, -0.25) is 4.79 Å². The highest BCUT2D eigenvalue weighted by Crippen LogP contribution is 2.29. The van der Waals surface area contributed by atoms with Crippen molar-refractivity contribution in [2.45, 2.75) is 42.7 Å². The molecule has 0 saturated heterocycles. The van der Waals surface area contributed by atoms with E-state index in [1.807, 2.05) is 0 Å². The minimum absolute atomic E-state index is 0.0704.